The van der Waals surface area contributed by atoms with Crippen molar-refractivity contribution in [2.24, 2.45) is 0 Å². The Morgan fingerprint density at radius 1 is 1.00 bits per heavy atom. The van der Waals surface area contributed by atoms with E-state index in [0.29, 0.717) is 31.0 Å². The fourth-order valence-corrected chi connectivity index (χ4v) is 3.29. The molecule has 0 radical (unpaired) electrons. The van der Waals surface area contributed by atoms with Gasteiger partial charge in [-0.2, -0.15) is 0 Å². The van der Waals surface area contributed by atoms with Crippen LogP contribution in [0.5, 0.6) is 11.5 Å². The van der Waals surface area contributed by atoms with E-state index in [9.17, 15) is 9.90 Å². The number of aliphatic hydroxyl groups is 1. The number of rotatable bonds is 6. The normalized spacial score (nSPS) is 13.3. The van der Waals surface area contributed by atoms with Gasteiger partial charge in [-0.05, 0) is 40.5 Å². The Morgan fingerprint density at radius 2 is 1.82 bits per heavy atom. The van der Waals surface area contributed by atoms with Gasteiger partial charge in [-0.25, -0.2) is 4.79 Å². The number of carbonyl (C=O) groups excluding carboxylic acids is 1. The number of fused-ring (bicyclic) bond motifs is 2. The van der Waals surface area contributed by atoms with Gasteiger partial charge in [0, 0.05) is 13.1 Å². The molecule has 144 valence electrons. The second-order valence-corrected chi connectivity index (χ2v) is 6.66. The lowest BCUT2D eigenvalue weighted by molar-refractivity contribution is 0.165. The van der Waals surface area contributed by atoms with Crippen LogP contribution in [-0.2, 0) is 6.54 Å². The third-order valence-corrected chi connectivity index (χ3v) is 4.80. The average molecular weight is 378 g/mol. The number of hydrogen-bond donors (Lipinski definition) is 3. The van der Waals surface area contributed by atoms with Crippen LogP contribution in [0.15, 0.2) is 60.7 Å². The third-order valence-electron chi connectivity index (χ3n) is 4.80. The topological polar surface area (TPSA) is 79.8 Å². The highest BCUT2D eigenvalue weighted by Gasteiger charge is 2.16. The van der Waals surface area contributed by atoms with Crippen LogP contribution in [0, 0.1) is 0 Å². The Balaban J connectivity index is 1.25. The molecule has 28 heavy (non-hydrogen) atoms. The highest BCUT2D eigenvalue weighted by molar-refractivity contribution is 5.86. The van der Waals surface area contributed by atoms with Crippen molar-refractivity contribution in [3.8, 4) is 11.5 Å². The lowest BCUT2D eigenvalue weighted by Crippen LogP contribution is -2.36. The van der Waals surface area contributed by atoms with Gasteiger partial charge in [0.2, 0.25) is 6.79 Å². The van der Waals surface area contributed by atoms with Crippen molar-refractivity contribution in [2.75, 3.05) is 13.3 Å². The number of carbonyl (C=O) groups is 1. The first-order valence-electron chi connectivity index (χ1n) is 9.26. The van der Waals surface area contributed by atoms with E-state index in [-0.39, 0.29) is 12.8 Å². The summed E-state index contributed by atoms with van der Waals surface area (Å²) in [5.74, 6) is 1.32. The van der Waals surface area contributed by atoms with Crippen LogP contribution >= 0.6 is 0 Å². The molecule has 1 heterocycles. The van der Waals surface area contributed by atoms with E-state index in [4.69, 9.17) is 9.47 Å². The lowest BCUT2D eigenvalue weighted by atomic mass is 10.0. The summed E-state index contributed by atoms with van der Waals surface area (Å²) in [5.41, 5.74) is 1.80. The Hall–Kier alpha value is -3.25. The summed E-state index contributed by atoms with van der Waals surface area (Å²) >= 11 is 0. The van der Waals surface area contributed by atoms with Crippen LogP contribution in [-0.4, -0.2) is 24.5 Å². The molecule has 0 aliphatic carbocycles. The standard InChI is InChI=1S/C22H22N2O4/c25-19(16-8-9-20-21(12-16)28-14-27-20)10-11-23-22(26)24-13-17-6-3-5-15-4-1-2-7-18(15)17/h1-9,12,19,25H,10-11,13-14H2,(H2,23,24,26)/t19-/m0/s1. The number of benzene rings is 3. The molecular weight excluding hydrogens is 356 g/mol. The number of nitrogens with one attached hydrogen (secondary N) is 2. The second kappa shape index (κ2) is 8.19. The average Bonchev–Trinajstić information content (AvgIpc) is 3.20. The van der Waals surface area contributed by atoms with Gasteiger partial charge in [-0.1, -0.05) is 48.5 Å². The number of ether oxygens (including phenoxy) is 2. The molecule has 0 spiro atoms. The Labute approximate surface area is 163 Å². The number of urea groups is 1. The zero-order valence-corrected chi connectivity index (χ0v) is 15.4. The van der Waals surface area contributed by atoms with Crippen LogP contribution in [0.1, 0.15) is 23.7 Å². The van der Waals surface area contributed by atoms with E-state index in [1.807, 2.05) is 30.3 Å². The van der Waals surface area contributed by atoms with Crippen molar-refractivity contribution < 1.29 is 19.4 Å². The first-order chi connectivity index (χ1) is 13.7. The van der Waals surface area contributed by atoms with Gasteiger partial charge in [-0.15, -0.1) is 0 Å². The molecule has 2 amide bonds. The fourth-order valence-electron chi connectivity index (χ4n) is 3.29. The fraction of sp³-hybridized carbons (Fsp3) is 0.227. The van der Waals surface area contributed by atoms with Gasteiger partial charge < -0.3 is 25.2 Å². The van der Waals surface area contributed by atoms with E-state index in [1.54, 1.807) is 18.2 Å². The summed E-state index contributed by atoms with van der Waals surface area (Å²) in [6.45, 7) is 1.00. The molecule has 1 aliphatic heterocycles. The number of aliphatic hydroxyl groups excluding tert-OH is 1. The molecule has 1 aliphatic rings. The summed E-state index contributed by atoms with van der Waals surface area (Å²) in [6.07, 6.45) is -0.283. The van der Waals surface area contributed by atoms with Crippen molar-refractivity contribution in [3.63, 3.8) is 0 Å². The molecule has 6 nitrogen and oxygen atoms in total. The van der Waals surface area contributed by atoms with Crippen molar-refractivity contribution in [1.29, 1.82) is 0 Å². The van der Waals surface area contributed by atoms with Gasteiger partial charge in [-0.3, -0.25) is 0 Å². The maximum Gasteiger partial charge on any atom is 0.315 e. The molecule has 6 heteroatoms. The molecule has 0 unspecified atom stereocenters. The van der Waals surface area contributed by atoms with Crippen molar-refractivity contribution in [2.45, 2.75) is 19.1 Å². The van der Waals surface area contributed by atoms with Gasteiger partial charge >= 0.3 is 6.03 Å². The first kappa shape index (κ1) is 18.1. The van der Waals surface area contributed by atoms with Gasteiger partial charge in [0.25, 0.3) is 0 Å². The molecule has 0 saturated heterocycles. The summed E-state index contributed by atoms with van der Waals surface area (Å²) in [6, 6.07) is 19.2. The van der Waals surface area contributed by atoms with Gasteiger partial charge in [0.1, 0.15) is 0 Å². The van der Waals surface area contributed by atoms with E-state index >= 15 is 0 Å². The molecule has 0 bridgehead atoms. The minimum atomic E-state index is -0.687. The minimum Gasteiger partial charge on any atom is -0.454 e. The highest BCUT2D eigenvalue weighted by atomic mass is 16.7. The SMILES string of the molecule is O=C(NCC[C@H](O)c1ccc2c(c1)OCO2)NCc1cccc2ccccc12. The molecule has 3 aromatic rings. The van der Waals surface area contributed by atoms with E-state index in [0.717, 1.165) is 21.9 Å². The largest absolute Gasteiger partial charge is 0.454 e. The van der Waals surface area contributed by atoms with Crippen molar-refractivity contribution >= 4 is 16.8 Å². The van der Waals surface area contributed by atoms with Crippen LogP contribution in [0.3, 0.4) is 0 Å². The third kappa shape index (κ3) is 4.02. The van der Waals surface area contributed by atoms with E-state index in [1.165, 1.54) is 0 Å². The molecule has 4 rings (SSSR count). The van der Waals surface area contributed by atoms with Gasteiger partial charge in [0.05, 0.1) is 6.10 Å². The first-order valence-corrected chi connectivity index (χ1v) is 9.26. The smallest absolute Gasteiger partial charge is 0.315 e. The lowest BCUT2D eigenvalue weighted by Gasteiger charge is -2.13. The van der Waals surface area contributed by atoms with Crippen LogP contribution in [0.2, 0.25) is 0 Å². The maximum atomic E-state index is 12.1. The zero-order chi connectivity index (χ0) is 19.3. The van der Waals surface area contributed by atoms with Gasteiger partial charge in [0.15, 0.2) is 11.5 Å². The number of amides is 2. The molecule has 3 N–H and O–H groups in total. The molecular formula is C22H22N2O4. The van der Waals surface area contributed by atoms with Crippen molar-refractivity contribution in [3.05, 3.63) is 71.8 Å². The van der Waals surface area contributed by atoms with Crippen LogP contribution in [0.4, 0.5) is 4.79 Å². The second-order valence-electron chi connectivity index (χ2n) is 6.66. The molecule has 0 saturated carbocycles. The molecule has 1 atom stereocenters. The summed E-state index contributed by atoms with van der Waals surface area (Å²) in [4.78, 5) is 12.1. The minimum absolute atomic E-state index is 0.202. The molecule has 3 aromatic carbocycles. The molecule has 0 aromatic heterocycles. The Bertz CT molecular complexity index is 984. The van der Waals surface area contributed by atoms with Crippen LogP contribution < -0.4 is 20.1 Å². The summed E-state index contributed by atoms with van der Waals surface area (Å²) in [5, 5.41) is 18.3. The summed E-state index contributed by atoms with van der Waals surface area (Å²) < 4.78 is 10.6. The maximum absolute atomic E-state index is 12.1. The Morgan fingerprint density at radius 3 is 2.75 bits per heavy atom. The van der Waals surface area contributed by atoms with Crippen LogP contribution in [0.25, 0.3) is 10.8 Å². The Kier molecular flexibility index (Phi) is 5.30. The predicted octanol–water partition coefficient (Wildman–Crippen LogP) is 3.49. The monoisotopic (exact) mass is 378 g/mol. The summed E-state index contributed by atoms with van der Waals surface area (Å²) in [7, 11) is 0. The quantitative estimate of drug-likeness (QED) is 0.613. The number of hydrogen-bond acceptors (Lipinski definition) is 4. The predicted molar refractivity (Wildman–Crippen MR) is 106 cm³/mol. The van der Waals surface area contributed by atoms with E-state index in [2.05, 4.69) is 22.8 Å². The molecule has 0 fully saturated rings. The van der Waals surface area contributed by atoms with E-state index < -0.39 is 6.10 Å². The zero-order valence-electron chi connectivity index (χ0n) is 15.4. The van der Waals surface area contributed by atoms with Crippen molar-refractivity contribution in [1.82, 2.24) is 10.6 Å². The highest BCUT2D eigenvalue weighted by Crippen LogP contribution is 2.34.